The molecule has 0 N–H and O–H groups in total. The summed E-state index contributed by atoms with van der Waals surface area (Å²) in [5.41, 5.74) is 0. The molecule has 0 nitrogen and oxygen atoms in total. The van der Waals surface area contributed by atoms with E-state index in [0.29, 0.717) is 0 Å². The first-order chi connectivity index (χ1) is 6.68. The topological polar surface area (TPSA) is 0 Å². The molecule has 0 unspecified atom stereocenters. The van der Waals surface area contributed by atoms with Crippen molar-refractivity contribution >= 4 is 26.2 Å². The van der Waals surface area contributed by atoms with Crippen LogP contribution in [0.5, 0.6) is 0 Å². The summed E-state index contributed by atoms with van der Waals surface area (Å²) in [4.78, 5) is 0. The van der Waals surface area contributed by atoms with Crippen molar-refractivity contribution < 1.29 is 0 Å². The molecule has 0 amide bonds. The van der Waals surface area contributed by atoms with Gasteiger partial charge in [0.05, 0.1) is 0 Å². The SMILES string of the molecule is CC=C[CH2][Sn]([Cl])([CH2]C=CC)[CH2]C=CC. The van der Waals surface area contributed by atoms with E-state index in [2.05, 4.69) is 57.2 Å². The van der Waals surface area contributed by atoms with Gasteiger partial charge in [0.25, 0.3) is 0 Å². The van der Waals surface area contributed by atoms with E-state index in [1.54, 1.807) is 0 Å². The molecule has 0 saturated carbocycles. The van der Waals surface area contributed by atoms with Gasteiger partial charge in [0, 0.05) is 0 Å². The van der Waals surface area contributed by atoms with Crippen LogP contribution in [0.4, 0.5) is 0 Å². The Kier molecular flexibility index (Phi) is 8.79. The van der Waals surface area contributed by atoms with Crippen molar-refractivity contribution in [1.82, 2.24) is 0 Å². The number of halogens is 1. The summed E-state index contributed by atoms with van der Waals surface area (Å²) < 4.78 is 3.42. The van der Waals surface area contributed by atoms with Crippen molar-refractivity contribution in [3.63, 3.8) is 0 Å². The molecule has 0 aromatic heterocycles. The monoisotopic (exact) mass is 320 g/mol. The van der Waals surface area contributed by atoms with Crippen molar-refractivity contribution in [2.24, 2.45) is 0 Å². The van der Waals surface area contributed by atoms with E-state index in [4.69, 9.17) is 8.92 Å². The average molecular weight is 319 g/mol. The van der Waals surface area contributed by atoms with Gasteiger partial charge < -0.3 is 0 Å². The molecule has 0 aliphatic carbocycles. The maximum absolute atomic E-state index is 6.73. The zero-order chi connectivity index (χ0) is 10.9. The Hall–Kier alpha value is 0.309. The van der Waals surface area contributed by atoms with Crippen LogP contribution in [0.3, 0.4) is 0 Å². The third-order valence-corrected chi connectivity index (χ3v) is 13.5. The molecule has 14 heavy (non-hydrogen) atoms. The molecule has 0 heterocycles. The van der Waals surface area contributed by atoms with Crippen LogP contribution in [-0.2, 0) is 0 Å². The minimum absolute atomic E-state index is 1.14. The fourth-order valence-corrected chi connectivity index (χ4v) is 10.1. The third kappa shape index (κ3) is 6.72. The van der Waals surface area contributed by atoms with Crippen molar-refractivity contribution in [2.45, 2.75) is 34.1 Å². The Bertz CT molecular complexity index is 180. The standard InChI is InChI=1S/3C4H7.ClH.Sn/c3*1-3-4-2;;/h3*3-4H,1H2,2H3;1H;/q;;;;+1/p-1. The molecule has 0 radical (unpaired) electrons. The molecule has 0 bridgehead atoms. The van der Waals surface area contributed by atoms with E-state index in [1.165, 1.54) is 0 Å². The van der Waals surface area contributed by atoms with E-state index in [-0.39, 0.29) is 0 Å². The Morgan fingerprint density at radius 3 is 1.29 bits per heavy atom. The predicted molar refractivity (Wildman–Crippen MR) is 70.5 cm³/mol. The van der Waals surface area contributed by atoms with Crippen molar-refractivity contribution in [3.8, 4) is 0 Å². The average Bonchev–Trinajstić information content (AvgIpc) is 2.21. The van der Waals surface area contributed by atoms with Gasteiger partial charge in [0.2, 0.25) is 0 Å². The number of rotatable bonds is 6. The van der Waals surface area contributed by atoms with Crippen LogP contribution in [0.2, 0.25) is 13.3 Å². The summed E-state index contributed by atoms with van der Waals surface area (Å²) in [6, 6.07) is 0. The molecular weight excluding hydrogens is 298 g/mol. The van der Waals surface area contributed by atoms with Gasteiger partial charge in [-0.3, -0.25) is 0 Å². The zero-order valence-corrected chi connectivity index (χ0v) is 13.1. The Labute approximate surface area is 96.3 Å². The van der Waals surface area contributed by atoms with E-state index >= 15 is 0 Å². The molecule has 0 fully saturated rings. The second-order valence-corrected chi connectivity index (χ2v) is 18.9. The fraction of sp³-hybridized carbons (Fsp3) is 0.500. The van der Waals surface area contributed by atoms with E-state index in [9.17, 15) is 0 Å². The molecule has 80 valence electrons. The van der Waals surface area contributed by atoms with Crippen LogP contribution in [0.1, 0.15) is 20.8 Å². The second-order valence-electron chi connectivity index (χ2n) is 3.47. The molecule has 0 rings (SSSR count). The van der Waals surface area contributed by atoms with E-state index < -0.39 is 17.3 Å². The van der Waals surface area contributed by atoms with Gasteiger partial charge in [0.15, 0.2) is 0 Å². The summed E-state index contributed by atoms with van der Waals surface area (Å²) in [5, 5.41) is 0. The summed E-state index contributed by atoms with van der Waals surface area (Å²) >= 11 is -2.35. The maximum atomic E-state index is 6.73. The van der Waals surface area contributed by atoms with Crippen LogP contribution >= 0.6 is 8.92 Å². The Morgan fingerprint density at radius 2 is 1.07 bits per heavy atom. The van der Waals surface area contributed by atoms with Gasteiger partial charge in [-0.15, -0.1) is 0 Å². The van der Waals surface area contributed by atoms with Gasteiger partial charge in [-0.1, -0.05) is 0 Å². The van der Waals surface area contributed by atoms with Crippen molar-refractivity contribution in [1.29, 1.82) is 0 Å². The number of allylic oxidation sites excluding steroid dienone is 6. The third-order valence-electron chi connectivity index (χ3n) is 2.16. The summed E-state index contributed by atoms with van der Waals surface area (Å²) in [6.07, 6.45) is 13.0. The summed E-state index contributed by atoms with van der Waals surface area (Å²) in [5.74, 6) is 0. The molecular formula is C12H21ClSn. The van der Waals surface area contributed by atoms with Crippen LogP contribution in [0.25, 0.3) is 0 Å². The first-order valence-corrected chi connectivity index (χ1v) is 14.9. The van der Waals surface area contributed by atoms with Crippen LogP contribution in [-0.4, -0.2) is 17.3 Å². The van der Waals surface area contributed by atoms with Crippen molar-refractivity contribution in [2.75, 3.05) is 0 Å². The minimum atomic E-state index is -2.35. The Balaban J connectivity index is 4.30. The molecule has 0 spiro atoms. The molecule has 0 aliphatic rings. The normalized spacial score (nSPS) is 17.1. The van der Waals surface area contributed by atoms with Gasteiger partial charge in [0.1, 0.15) is 0 Å². The van der Waals surface area contributed by atoms with E-state index in [0.717, 1.165) is 13.3 Å². The van der Waals surface area contributed by atoms with Gasteiger partial charge in [-0.05, 0) is 0 Å². The number of hydrogen-bond donors (Lipinski definition) is 0. The number of hydrogen-bond acceptors (Lipinski definition) is 0. The van der Waals surface area contributed by atoms with Crippen LogP contribution < -0.4 is 0 Å². The van der Waals surface area contributed by atoms with Gasteiger partial charge in [-0.2, -0.15) is 0 Å². The van der Waals surface area contributed by atoms with Gasteiger partial charge in [-0.25, -0.2) is 0 Å². The van der Waals surface area contributed by atoms with E-state index in [1.807, 2.05) is 0 Å². The first kappa shape index (κ1) is 14.3. The molecule has 0 aromatic rings. The molecule has 0 saturated heterocycles. The Morgan fingerprint density at radius 1 is 0.786 bits per heavy atom. The fourth-order valence-electron chi connectivity index (χ4n) is 1.24. The second kappa shape index (κ2) is 8.60. The molecule has 0 aromatic carbocycles. The quantitative estimate of drug-likeness (QED) is 0.482. The predicted octanol–water partition coefficient (Wildman–Crippen LogP) is 4.90. The summed E-state index contributed by atoms with van der Waals surface area (Å²) in [6.45, 7) is 6.19. The van der Waals surface area contributed by atoms with Crippen molar-refractivity contribution in [3.05, 3.63) is 36.5 Å². The zero-order valence-electron chi connectivity index (χ0n) is 9.46. The molecule has 0 atom stereocenters. The summed E-state index contributed by atoms with van der Waals surface area (Å²) in [7, 11) is 6.73. The molecule has 0 aliphatic heterocycles. The molecule has 2 heteroatoms. The van der Waals surface area contributed by atoms with Gasteiger partial charge >= 0.3 is 96.7 Å². The van der Waals surface area contributed by atoms with Crippen LogP contribution in [0.15, 0.2) is 36.5 Å². The van der Waals surface area contributed by atoms with Crippen LogP contribution in [0, 0.1) is 0 Å². The first-order valence-electron chi connectivity index (χ1n) is 5.21.